The third-order valence-corrected chi connectivity index (χ3v) is 4.91. The summed E-state index contributed by atoms with van der Waals surface area (Å²) in [6.45, 7) is 3.30. The summed E-state index contributed by atoms with van der Waals surface area (Å²) in [5.41, 5.74) is 7.09. The summed E-state index contributed by atoms with van der Waals surface area (Å²) >= 11 is 0. The topological polar surface area (TPSA) is 62.5 Å². The van der Waals surface area contributed by atoms with E-state index in [1.165, 1.54) is 19.4 Å². The number of pyridine rings is 1. The third kappa shape index (κ3) is 3.42. The molecule has 0 aliphatic carbocycles. The molecule has 2 saturated heterocycles. The molecular weight excluding hydrogens is 300 g/mol. The predicted molar refractivity (Wildman–Crippen MR) is 89.0 cm³/mol. The minimum Gasteiger partial charge on any atom is -0.338 e. The van der Waals surface area contributed by atoms with Crippen LogP contribution in [0, 0.1) is 5.92 Å². The van der Waals surface area contributed by atoms with Crippen molar-refractivity contribution in [3.05, 3.63) is 29.6 Å². The molecule has 0 saturated carbocycles. The van der Waals surface area contributed by atoms with Gasteiger partial charge in [0.15, 0.2) is 0 Å². The Bertz CT molecular complexity index is 525. The van der Waals surface area contributed by atoms with Crippen LogP contribution in [0.4, 0.5) is 0 Å². The largest absolute Gasteiger partial charge is 0.338 e. The van der Waals surface area contributed by atoms with Gasteiger partial charge in [0.2, 0.25) is 0 Å². The van der Waals surface area contributed by atoms with Gasteiger partial charge in [0.1, 0.15) is 0 Å². The number of fused-ring (bicyclic) bond motifs is 1. The number of hydrogen-bond acceptors (Lipinski definition) is 4. The monoisotopic (exact) mass is 324 g/mol. The first-order valence-corrected chi connectivity index (χ1v) is 7.83. The zero-order valence-electron chi connectivity index (χ0n) is 13.1. The van der Waals surface area contributed by atoms with Crippen LogP contribution in [0.3, 0.4) is 0 Å². The highest BCUT2D eigenvalue weighted by Gasteiger charge is 2.35. The van der Waals surface area contributed by atoms with Crippen LogP contribution in [0.1, 0.15) is 35.3 Å². The summed E-state index contributed by atoms with van der Waals surface area (Å²) in [6, 6.07) is 4.27. The summed E-state index contributed by atoms with van der Waals surface area (Å²) in [4.78, 5) is 21.3. The number of carbonyl (C=O) groups excluding carboxylic acids is 1. The second kappa shape index (κ2) is 7.40. The molecule has 1 amide bonds. The zero-order valence-corrected chi connectivity index (χ0v) is 13.9. The standard InChI is InChI=1S/C16H24N4O.ClH/c1-19-7-2-3-13-11-20(8-5-15(13)19)16(21)12-4-6-18-14(9-12)10-17;/h4,6,9,13,15H,2-3,5,7-8,10-11,17H2,1H3;1H. The SMILES string of the molecule is CN1CCCC2CN(C(=O)c3ccnc(CN)c3)CCC21.Cl. The molecule has 3 rings (SSSR count). The number of rotatable bonds is 2. The van der Waals surface area contributed by atoms with E-state index in [0.717, 1.165) is 25.2 Å². The molecule has 0 spiro atoms. The fourth-order valence-corrected chi connectivity index (χ4v) is 3.74. The molecule has 2 fully saturated rings. The number of halogens is 1. The lowest BCUT2D eigenvalue weighted by atomic mass is 9.84. The molecule has 0 bridgehead atoms. The van der Waals surface area contributed by atoms with Gasteiger partial charge in [-0.1, -0.05) is 0 Å². The Morgan fingerprint density at radius 1 is 1.41 bits per heavy atom. The zero-order chi connectivity index (χ0) is 14.8. The second-order valence-corrected chi connectivity index (χ2v) is 6.23. The average Bonchev–Trinajstić information content (AvgIpc) is 2.54. The number of nitrogens with zero attached hydrogens (tertiary/aromatic N) is 3. The molecule has 2 aliphatic heterocycles. The fourth-order valence-electron chi connectivity index (χ4n) is 3.74. The van der Waals surface area contributed by atoms with Crippen molar-refractivity contribution in [2.75, 3.05) is 26.7 Å². The Hall–Kier alpha value is -1.17. The Morgan fingerprint density at radius 2 is 2.23 bits per heavy atom. The van der Waals surface area contributed by atoms with Crippen molar-refractivity contribution in [3.8, 4) is 0 Å². The first-order valence-electron chi connectivity index (χ1n) is 7.83. The van der Waals surface area contributed by atoms with Crippen LogP contribution in [0.25, 0.3) is 0 Å². The maximum absolute atomic E-state index is 12.7. The molecule has 1 aromatic rings. The normalized spacial score (nSPS) is 25.3. The number of piperidine rings is 2. The minimum atomic E-state index is 0. The van der Waals surface area contributed by atoms with Gasteiger partial charge in [-0.15, -0.1) is 12.4 Å². The van der Waals surface area contributed by atoms with Gasteiger partial charge >= 0.3 is 0 Å². The first kappa shape index (κ1) is 17.2. The van der Waals surface area contributed by atoms with E-state index in [-0.39, 0.29) is 18.3 Å². The first-order chi connectivity index (χ1) is 10.2. The molecule has 22 heavy (non-hydrogen) atoms. The molecule has 2 aliphatic rings. The van der Waals surface area contributed by atoms with Crippen molar-refractivity contribution in [1.82, 2.24) is 14.8 Å². The second-order valence-electron chi connectivity index (χ2n) is 6.23. The number of carbonyl (C=O) groups is 1. The highest BCUT2D eigenvalue weighted by molar-refractivity contribution is 5.94. The summed E-state index contributed by atoms with van der Waals surface area (Å²) in [5.74, 6) is 0.746. The lowest BCUT2D eigenvalue weighted by Gasteiger charge is -2.46. The van der Waals surface area contributed by atoms with Crippen molar-refractivity contribution >= 4 is 18.3 Å². The van der Waals surface area contributed by atoms with E-state index >= 15 is 0 Å². The van der Waals surface area contributed by atoms with Gasteiger partial charge in [-0.2, -0.15) is 0 Å². The summed E-state index contributed by atoms with van der Waals surface area (Å²) in [5, 5.41) is 0. The predicted octanol–water partition coefficient (Wildman–Crippen LogP) is 1.52. The third-order valence-electron chi connectivity index (χ3n) is 4.91. The molecule has 2 unspecified atom stereocenters. The van der Waals surface area contributed by atoms with Crippen LogP contribution in [-0.2, 0) is 6.54 Å². The summed E-state index contributed by atoms with van der Waals surface area (Å²) in [6.07, 6.45) is 5.24. The molecule has 0 aromatic carbocycles. The van der Waals surface area contributed by atoms with Gasteiger partial charge in [-0.25, -0.2) is 0 Å². The van der Waals surface area contributed by atoms with Crippen LogP contribution in [-0.4, -0.2) is 53.4 Å². The molecule has 3 heterocycles. The molecule has 5 nitrogen and oxygen atoms in total. The van der Waals surface area contributed by atoms with Crippen LogP contribution in [0.2, 0.25) is 0 Å². The lowest BCUT2D eigenvalue weighted by molar-refractivity contribution is 0.0317. The molecule has 6 heteroatoms. The quantitative estimate of drug-likeness (QED) is 0.896. The summed E-state index contributed by atoms with van der Waals surface area (Å²) in [7, 11) is 2.21. The Morgan fingerprint density at radius 3 is 3.00 bits per heavy atom. The van der Waals surface area contributed by atoms with E-state index in [9.17, 15) is 4.79 Å². The Balaban J connectivity index is 0.00000176. The highest BCUT2D eigenvalue weighted by atomic mass is 35.5. The van der Waals surface area contributed by atoms with Crippen molar-refractivity contribution in [1.29, 1.82) is 0 Å². The van der Waals surface area contributed by atoms with Crippen molar-refractivity contribution in [3.63, 3.8) is 0 Å². The lowest BCUT2D eigenvalue weighted by Crippen LogP contribution is -2.53. The minimum absolute atomic E-state index is 0. The Labute approximate surface area is 138 Å². The van der Waals surface area contributed by atoms with Gasteiger partial charge in [-0.05, 0) is 50.9 Å². The number of nitrogens with two attached hydrogens (primary N) is 1. The maximum Gasteiger partial charge on any atom is 0.253 e. The summed E-state index contributed by atoms with van der Waals surface area (Å²) < 4.78 is 0. The van der Waals surface area contributed by atoms with Crippen molar-refractivity contribution < 1.29 is 4.79 Å². The number of aromatic nitrogens is 1. The molecule has 1 aromatic heterocycles. The van der Waals surface area contributed by atoms with Crippen LogP contribution >= 0.6 is 12.4 Å². The van der Waals surface area contributed by atoms with Gasteiger partial charge in [0.25, 0.3) is 5.91 Å². The van der Waals surface area contributed by atoms with Gasteiger partial charge in [-0.3, -0.25) is 9.78 Å². The molecule has 0 radical (unpaired) electrons. The van der Waals surface area contributed by atoms with E-state index < -0.39 is 0 Å². The van der Waals surface area contributed by atoms with Crippen molar-refractivity contribution in [2.24, 2.45) is 11.7 Å². The number of amides is 1. The van der Waals surface area contributed by atoms with Crippen LogP contribution < -0.4 is 5.73 Å². The van der Waals surface area contributed by atoms with Crippen LogP contribution in [0.15, 0.2) is 18.3 Å². The van der Waals surface area contributed by atoms with Crippen molar-refractivity contribution in [2.45, 2.75) is 31.8 Å². The maximum atomic E-state index is 12.7. The highest BCUT2D eigenvalue weighted by Crippen LogP contribution is 2.30. The van der Waals surface area contributed by atoms with E-state index in [0.29, 0.717) is 24.1 Å². The van der Waals surface area contributed by atoms with E-state index in [2.05, 4.69) is 16.9 Å². The van der Waals surface area contributed by atoms with Gasteiger partial charge < -0.3 is 15.5 Å². The molecule has 122 valence electrons. The van der Waals surface area contributed by atoms with Gasteiger partial charge in [0, 0.05) is 37.4 Å². The van der Waals surface area contributed by atoms with E-state index in [1.807, 2.05) is 11.0 Å². The van der Waals surface area contributed by atoms with E-state index in [4.69, 9.17) is 5.73 Å². The smallest absolute Gasteiger partial charge is 0.253 e. The Kier molecular flexibility index (Phi) is 5.78. The molecule has 2 N–H and O–H groups in total. The number of hydrogen-bond donors (Lipinski definition) is 1. The van der Waals surface area contributed by atoms with Gasteiger partial charge in [0.05, 0.1) is 5.69 Å². The number of likely N-dealkylation sites (tertiary alicyclic amines) is 2. The molecular formula is C16H25ClN4O. The van der Waals surface area contributed by atoms with Crippen LogP contribution in [0.5, 0.6) is 0 Å². The van der Waals surface area contributed by atoms with E-state index in [1.54, 1.807) is 12.3 Å². The molecule has 2 atom stereocenters. The average molecular weight is 325 g/mol. The fraction of sp³-hybridized carbons (Fsp3) is 0.625.